The van der Waals surface area contributed by atoms with E-state index in [1.165, 1.54) is 64.2 Å². The fraction of sp³-hybridized carbons (Fsp3) is 0.273. The Hall–Kier alpha value is -4.33. The van der Waals surface area contributed by atoms with Gasteiger partial charge in [-0.15, -0.1) is 21.9 Å². The fourth-order valence-electron chi connectivity index (χ4n) is 8.94. The summed E-state index contributed by atoms with van der Waals surface area (Å²) in [6.45, 7) is 0. The van der Waals surface area contributed by atoms with Gasteiger partial charge in [0, 0.05) is 21.9 Å². The summed E-state index contributed by atoms with van der Waals surface area (Å²) in [6.07, 6.45) is 7.22. The molecule has 4 aromatic carbocycles. The Morgan fingerprint density at radius 1 is 0.294 bits per heavy atom. The second kappa shape index (κ2) is 20.2. The van der Waals surface area contributed by atoms with E-state index in [4.69, 9.17) is 0 Å². The first-order valence-electron chi connectivity index (χ1n) is 20.2. The van der Waals surface area contributed by atoms with Gasteiger partial charge in [-0.1, -0.05) is 61.2 Å². The Kier molecular flexibility index (Phi) is 15.3. The van der Waals surface area contributed by atoms with Crippen LogP contribution in [0.3, 0.4) is 0 Å². The highest BCUT2D eigenvalue weighted by Gasteiger charge is 2.52. The summed E-state index contributed by atoms with van der Waals surface area (Å²) < 4.78 is 297. The Morgan fingerprint density at radius 2 is 0.500 bits per heavy atom. The molecular weight excluding hydrogens is 1110 g/mol. The maximum Gasteiger partial charge on any atom is 0.381 e. The minimum Gasteiger partial charge on any atom is -0.207 e. The third kappa shape index (κ3) is 8.69. The highest BCUT2D eigenvalue weighted by Crippen LogP contribution is 2.37. The molecule has 0 amide bonds. The lowest BCUT2D eigenvalue weighted by Gasteiger charge is -2.44. The van der Waals surface area contributed by atoms with Crippen LogP contribution < -0.4 is 43.1 Å². The van der Waals surface area contributed by atoms with Gasteiger partial charge in [-0.25, -0.2) is 87.8 Å². The highest BCUT2D eigenvalue weighted by atomic mass is 127. The molecule has 2 aliphatic carbocycles. The number of hydrogen-bond acceptors (Lipinski definition) is 2. The topological polar surface area (TPSA) is 0 Å². The largest absolute Gasteiger partial charge is 0.381 e. The van der Waals surface area contributed by atoms with Crippen LogP contribution in [-0.4, -0.2) is 6.15 Å². The molecular formula is C44H26BF20IS2. The van der Waals surface area contributed by atoms with E-state index < -0.39 is 144 Å². The molecule has 2 fully saturated rings. The molecule has 2 saturated carbocycles. The third-order valence-corrected chi connectivity index (χ3v) is 18.3. The molecule has 2 heterocycles. The van der Waals surface area contributed by atoms with Crippen LogP contribution in [0.1, 0.15) is 85.8 Å². The van der Waals surface area contributed by atoms with E-state index in [1.54, 1.807) is 15.5 Å². The van der Waals surface area contributed by atoms with Crippen LogP contribution in [0.25, 0.3) is 0 Å². The van der Waals surface area contributed by atoms with Crippen molar-refractivity contribution in [3.8, 4) is 0 Å². The molecule has 0 radical (unpaired) electrons. The molecule has 0 saturated heterocycles. The lowest BCUT2D eigenvalue weighted by Crippen LogP contribution is -3.61. The second-order valence-electron chi connectivity index (χ2n) is 15.8. The van der Waals surface area contributed by atoms with Crippen molar-refractivity contribution in [2.75, 3.05) is 0 Å². The first-order chi connectivity index (χ1) is 32.1. The Balaban J connectivity index is 0.000000246. The molecule has 0 atom stereocenters. The molecule has 2 aromatic heterocycles. The zero-order valence-electron chi connectivity index (χ0n) is 33.9. The van der Waals surface area contributed by atoms with Gasteiger partial charge >= 0.3 is 21.2 Å². The molecule has 6 aromatic rings. The molecule has 0 spiro atoms. The molecule has 8 rings (SSSR count). The zero-order chi connectivity index (χ0) is 49.8. The van der Waals surface area contributed by atoms with Gasteiger partial charge < -0.3 is 0 Å². The van der Waals surface area contributed by atoms with Crippen molar-refractivity contribution < 1.29 is 109 Å². The lowest BCUT2D eigenvalue weighted by molar-refractivity contribution is -0.585. The standard InChI is InChI=1S/C24BF20.C20H26IS2/c26-5-1(6(27)14(35)21(42)13(5)34)25(2-7(28)15(36)22(43)16(37)8(2)29,3-9(30)17(38)23(44)18(39)10(3)31)4-11(32)19(40)24(45)20(41)12(4)33;1-3-7-15(8-4-1)17-11-13-19(22-17)21-20-14-12-18(23-20)16-9-5-2-6-10-16/h;11-16H,1-10H2/q-1;+1. The second-order valence-corrected chi connectivity index (χ2v) is 22.4. The van der Waals surface area contributed by atoms with Crippen molar-refractivity contribution in [2.24, 2.45) is 0 Å². The van der Waals surface area contributed by atoms with Crippen molar-refractivity contribution >= 4 is 50.7 Å². The first kappa shape index (κ1) is 51.5. The van der Waals surface area contributed by atoms with E-state index in [1.807, 2.05) is 0 Å². The van der Waals surface area contributed by atoms with Crippen LogP contribution in [0, 0.1) is 122 Å². The molecule has 68 heavy (non-hydrogen) atoms. The van der Waals surface area contributed by atoms with Crippen LogP contribution in [-0.2, 0) is 0 Å². The monoisotopic (exact) mass is 1140 g/mol. The van der Waals surface area contributed by atoms with Crippen molar-refractivity contribution in [3.63, 3.8) is 0 Å². The van der Waals surface area contributed by atoms with Crippen LogP contribution in [0.2, 0.25) is 0 Å². The molecule has 0 bridgehead atoms. The molecule has 24 heteroatoms. The predicted octanol–water partition coefficient (Wildman–Crippen LogP) is 9.88. The summed E-state index contributed by atoms with van der Waals surface area (Å²) in [5, 5.41) is 0. The van der Waals surface area contributed by atoms with Crippen molar-refractivity contribution in [2.45, 2.75) is 76.0 Å². The number of rotatable bonds is 8. The normalized spacial score (nSPS) is 15.0. The predicted molar refractivity (Wildman–Crippen MR) is 207 cm³/mol. The van der Waals surface area contributed by atoms with Gasteiger partial charge in [-0.2, -0.15) is 0 Å². The fourth-order valence-corrected chi connectivity index (χ4v) is 15.7. The van der Waals surface area contributed by atoms with Gasteiger partial charge in [0.15, 0.2) is 69.8 Å². The van der Waals surface area contributed by atoms with E-state index in [2.05, 4.69) is 46.9 Å². The van der Waals surface area contributed by atoms with E-state index in [9.17, 15) is 52.7 Å². The lowest BCUT2D eigenvalue weighted by atomic mass is 9.12. The third-order valence-electron chi connectivity index (χ3n) is 12.1. The van der Waals surface area contributed by atoms with E-state index in [-0.39, 0.29) is 21.2 Å². The van der Waals surface area contributed by atoms with Gasteiger partial charge in [-0.05, 0) is 49.7 Å². The van der Waals surface area contributed by atoms with Gasteiger partial charge in [0.25, 0.3) is 0 Å². The maximum absolute atomic E-state index is 15.4. The van der Waals surface area contributed by atoms with Crippen LogP contribution in [0.4, 0.5) is 87.8 Å². The molecule has 0 nitrogen and oxygen atoms in total. The van der Waals surface area contributed by atoms with Crippen molar-refractivity contribution in [3.05, 3.63) is 156 Å². The summed E-state index contributed by atoms with van der Waals surface area (Å²) in [7, 11) is 0. The van der Waals surface area contributed by atoms with Crippen LogP contribution in [0.5, 0.6) is 0 Å². The SMILES string of the molecule is Fc1c(F)c(F)c([B-](c2c(F)c(F)c(F)c(F)c2F)(c2c(F)c(F)c(F)c(F)c2F)c2c(F)c(F)c(F)c(F)c2F)c(F)c1F.c1cc(C2CCCCC2)sc1[I+]c1ccc(C2CCCCC2)s1. The summed E-state index contributed by atoms with van der Waals surface area (Å²) in [5.74, 6) is -69.6. The number of hydrogen-bond donors (Lipinski definition) is 0. The summed E-state index contributed by atoms with van der Waals surface area (Å²) in [4.78, 5) is 3.37. The molecule has 0 unspecified atom stereocenters. The van der Waals surface area contributed by atoms with Crippen LogP contribution >= 0.6 is 22.7 Å². The van der Waals surface area contributed by atoms with Crippen molar-refractivity contribution in [1.29, 1.82) is 0 Å². The number of benzene rings is 4. The smallest absolute Gasteiger partial charge is 0.207 e. The van der Waals surface area contributed by atoms with Gasteiger partial charge in [0.05, 0.1) is 0 Å². The number of thiophene rings is 2. The Labute approximate surface area is 390 Å². The minimum atomic E-state index is -7.22. The molecule has 0 aliphatic heterocycles. The average Bonchev–Trinajstić information content (AvgIpc) is 4.02. The maximum atomic E-state index is 15.4. The molecule has 2 aliphatic rings. The van der Waals surface area contributed by atoms with E-state index >= 15 is 35.1 Å². The Morgan fingerprint density at radius 3 is 0.721 bits per heavy atom. The van der Waals surface area contributed by atoms with Gasteiger partial charge in [-0.3, -0.25) is 0 Å². The quantitative estimate of drug-likeness (QED) is 0.0469. The average molecular weight is 1140 g/mol. The molecule has 364 valence electrons. The summed E-state index contributed by atoms with van der Waals surface area (Å²) >= 11 is 4.33. The van der Waals surface area contributed by atoms with Crippen molar-refractivity contribution in [1.82, 2.24) is 0 Å². The summed E-state index contributed by atoms with van der Waals surface area (Å²) in [5.41, 5.74) is -14.3. The first-order valence-corrected chi connectivity index (χ1v) is 24.0. The number of halogens is 21. The van der Waals surface area contributed by atoms with E-state index in [0.717, 1.165) is 11.8 Å². The van der Waals surface area contributed by atoms with E-state index in [0.29, 0.717) is 0 Å². The zero-order valence-corrected chi connectivity index (χ0v) is 37.7. The van der Waals surface area contributed by atoms with Crippen LogP contribution in [0.15, 0.2) is 24.3 Å². The van der Waals surface area contributed by atoms with Gasteiger partial charge in [0.2, 0.25) is 5.77 Å². The highest BCUT2D eigenvalue weighted by molar-refractivity contribution is 7.20. The Bertz CT molecular complexity index is 2490. The molecule has 0 N–H and O–H groups in total. The summed E-state index contributed by atoms with van der Waals surface area (Å²) in [6, 6.07) is 9.79. The minimum absolute atomic E-state index is 0.0622. The van der Waals surface area contributed by atoms with Gasteiger partial charge in [0.1, 0.15) is 52.7 Å².